The van der Waals surface area contributed by atoms with Crippen molar-refractivity contribution in [2.24, 2.45) is 5.16 Å². The summed E-state index contributed by atoms with van der Waals surface area (Å²) in [5, 5.41) is 16.9. The fourth-order valence-corrected chi connectivity index (χ4v) is 4.23. The Morgan fingerprint density at radius 3 is 2.77 bits per heavy atom. The highest BCUT2D eigenvalue weighted by molar-refractivity contribution is 7.16. The van der Waals surface area contributed by atoms with Crippen LogP contribution < -0.4 is 5.32 Å². The smallest absolute Gasteiger partial charge is 0.265 e. The van der Waals surface area contributed by atoms with E-state index in [-0.39, 0.29) is 12.5 Å². The topological polar surface area (TPSA) is 74.5 Å². The normalized spacial score (nSPS) is 13.7. The average molecular weight is 367 g/mol. The summed E-state index contributed by atoms with van der Waals surface area (Å²) in [5.74, 6) is -0.305. The number of carbonyl (C=O) groups is 1. The van der Waals surface area contributed by atoms with E-state index in [0.717, 1.165) is 36.8 Å². The summed E-state index contributed by atoms with van der Waals surface area (Å²) in [7, 11) is 0. The van der Waals surface area contributed by atoms with Crippen LogP contribution in [0.25, 0.3) is 0 Å². The monoisotopic (exact) mass is 367 g/mol. The first-order valence-electron chi connectivity index (χ1n) is 8.66. The molecule has 3 rings (SSSR count). The second kappa shape index (κ2) is 8.15. The van der Waals surface area contributed by atoms with Gasteiger partial charge in [-0.25, -0.2) is 0 Å². The molecule has 0 saturated heterocycles. The maximum absolute atomic E-state index is 12.1. The lowest BCUT2D eigenvalue weighted by molar-refractivity contribution is -0.120. The first-order chi connectivity index (χ1) is 12.6. The molecule has 0 radical (unpaired) electrons. The van der Waals surface area contributed by atoms with E-state index in [1.165, 1.54) is 21.8 Å². The molecule has 0 spiro atoms. The molecule has 0 aliphatic heterocycles. The second-order valence-electron chi connectivity index (χ2n) is 6.39. The summed E-state index contributed by atoms with van der Waals surface area (Å²) >= 11 is 1.51. The number of aryl methyl sites for hydroxylation is 2. The zero-order chi connectivity index (χ0) is 18.5. The van der Waals surface area contributed by atoms with Gasteiger partial charge in [0.1, 0.15) is 11.1 Å². The maximum Gasteiger partial charge on any atom is 0.265 e. The second-order valence-corrected chi connectivity index (χ2v) is 7.50. The zero-order valence-corrected chi connectivity index (χ0v) is 15.8. The van der Waals surface area contributed by atoms with E-state index in [0.29, 0.717) is 16.3 Å². The summed E-state index contributed by atoms with van der Waals surface area (Å²) < 4.78 is 0. The lowest BCUT2D eigenvalue weighted by Crippen LogP contribution is -2.17. The molecule has 1 aromatic carbocycles. The molecule has 6 heteroatoms. The number of benzene rings is 1. The molecule has 134 valence electrons. The van der Waals surface area contributed by atoms with Crippen molar-refractivity contribution in [1.29, 1.82) is 5.26 Å². The van der Waals surface area contributed by atoms with Crippen LogP contribution >= 0.6 is 11.3 Å². The van der Waals surface area contributed by atoms with Gasteiger partial charge in [-0.1, -0.05) is 35.0 Å². The van der Waals surface area contributed by atoms with Crippen molar-refractivity contribution in [3.63, 3.8) is 0 Å². The van der Waals surface area contributed by atoms with Crippen LogP contribution in [0.2, 0.25) is 0 Å². The Morgan fingerprint density at radius 1 is 1.31 bits per heavy atom. The van der Waals surface area contributed by atoms with Gasteiger partial charge in [0.05, 0.1) is 11.3 Å². The number of thiophene rings is 1. The van der Waals surface area contributed by atoms with Gasteiger partial charge in [-0.2, -0.15) is 5.26 Å². The first-order valence-corrected chi connectivity index (χ1v) is 9.48. The van der Waals surface area contributed by atoms with Crippen molar-refractivity contribution in [3.05, 3.63) is 51.4 Å². The summed E-state index contributed by atoms with van der Waals surface area (Å²) in [5.41, 5.74) is 4.55. The van der Waals surface area contributed by atoms with Crippen LogP contribution in [0.4, 0.5) is 5.00 Å². The number of nitrogens with one attached hydrogen (secondary N) is 1. The van der Waals surface area contributed by atoms with E-state index in [9.17, 15) is 10.1 Å². The minimum absolute atomic E-state index is 0.184. The number of hydrogen-bond donors (Lipinski definition) is 1. The van der Waals surface area contributed by atoms with Gasteiger partial charge < -0.3 is 10.2 Å². The fourth-order valence-electron chi connectivity index (χ4n) is 2.97. The van der Waals surface area contributed by atoms with Crippen molar-refractivity contribution in [2.45, 2.75) is 39.5 Å². The van der Waals surface area contributed by atoms with Gasteiger partial charge in [-0.15, -0.1) is 11.3 Å². The molecule has 0 saturated carbocycles. The molecule has 1 aliphatic rings. The molecule has 0 fully saturated rings. The van der Waals surface area contributed by atoms with Crippen molar-refractivity contribution < 1.29 is 9.63 Å². The highest BCUT2D eigenvalue weighted by atomic mass is 32.1. The Labute approximate surface area is 157 Å². The Hall–Kier alpha value is -2.65. The number of hydrogen-bond acceptors (Lipinski definition) is 5. The lowest BCUT2D eigenvalue weighted by Gasteiger charge is -2.09. The Bertz CT molecular complexity index is 876. The van der Waals surface area contributed by atoms with Crippen LogP contribution in [0.1, 0.15) is 46.9 Å². The van der Waals surface area contributed by atoms with Crippen molar-refractivity contribution in [2.75, 3.05) is 11.9 Å². The molecule has 1 aromatic heterocycles. The van der Waals surface area contributed by atoms with Crippen LogP contribution in [-0.2, 0) is 22.5 Å². The van der Waals surface area contributed by atoms with Crippen molar-refractivity contribution in [1.82, 2.24) is 0 Å². The van der Waals surface area contributed by atoms with E-state index >= 15 is 0 Å². The number of rotatable bonds is 5. The van der Waals surface area contributed by atoms with Crippen LogP contribution in [0, 0.1) is 18.3 Å². The molecule has 26 heavy (non-hydrogen) atoms. The molecule has 1 heterocycles. The van der Waals surface area contributed by atoms with Crippen LogP contribution in [0.15, 0.2) is 29.4 Å². The Balaban J connectivity index is 1.59. The standard InChI is InChI=1S/C20H21N3O2S/c1-13-7-9-15(10-8-13)14(2)23-25-12-19(24)22-20-17(11-21)16-5-3-4-6-18(16)26-20/h7-10H,3-6,12H2,1-2H3,(H,22,24). The van der Waals surface area contributed by atoms with Gasteiger partial charge in [0.2, 0.25) is 0 Å². The van der Waals surface area contributed by atoms with Crippen LogP contribution in [0.5, 0.6) is 0 Å². The summed E-state index contributed by atoms with van der Waals surface area (Å²) in [6.45, 7) is 3.68. The maximum atomic E-state index is 12.1. The number of nitrogens with zero attached hydrogens (tertiary/aromatic N) is 2. The molecule has 1 N–H and O–H groups in total. The number of oxime groups is 1. The third-order valence-electron chi connectivity index (χ3n) is 4.40. The highest BCUT2D eigenvalue weighted by Crippen LogP contribution is 2.37. The third kappa shape index (κ3) is 4.12. The number of fused-ring (bicyclic) bond motifs is 1. The number of carbonyl (C=O) groups excluding carboxylic acids is 1. The molecule has 2 aromatic rings. The van der Waals surface area contributed by atoms with Crippen molar-refractivity contribution >= 4 is 28.0 Å². The zero-order valence-electron chi connectivity index (χ0n) is 15.0. The van der Waals surface area contributed by atoms with E-state index in [2.05, 4.69) is 16.5 Å². The fraction of sp³-hybridized carbons (Fsp3) is 0.350. The van der Waals surface area contributed by atoms with Crippen LogP contribution in [0.3, 0.4) is 0 Å². The highest BCUT2D eigenvalue weighted by Gasteiger charge is 2.21. The Kier molecular flexibility index (Phi) is 5.69. The molecule has 0 bridgehead atoms. The minimum atomic E-state index is -0.305. The number of nitriles is 1. The molecular weight excluding hydrogens is 346 g/mol. The Morgan fingerprint density at radius 2 is 2.04 bits per heavy atom. The van der Waals surface area contributed by atoms with Crippen molar-refractivity contribution in [3.8, 4) is 6.07 Å². The largest absolute Gasteiger partial charge is 0.385 e. The number of amides is 1. The van der Waals surface area contributed by atoms with Gasteiger partial charge in [-0.3, -0.25) is 4.79 Å². The van der Waals surface area contributed by atoms with Gasteiger partial charge in [0.25, 0.3) is 5.91 Å². The molecule has 5 nitrogen and oxygen atoms in total. The SMILES string of the molecule is CC(=NOCC(=O)Nc1sc2c(c1C#N)CCCC2)c1ccc(C)cc1. The van der Waals surface area contributed by atoms with E-state index in [1.54, 1.807) is 0 Å². The van der Waals surface area contributed by atoms with E-state index in [4.69, 9.17) is 4.84 Å². The number of anilines is 1. The predicted octanol–water partition coefficient (Wildman–Crippen LogP) is 4.19. The lowest BCUT2D eigenvalue weighted by atomic mass is 9.96. The first kappa shape index (κ1) is 18.2. The summed E-state index contributed by atoms with van der Waals surface area (Å²) in [4.78, 5) is 18.6. The predicted molar refractivity (Wildman–Crippen MR) is 104 cm³/mol. The minimum Gasteiger partial charge on any atom is -0.385 e. The van der Waals surface area contributed by atoms with Gasteiger partial charge >= 0.3 is 0 Å². The average Bonchev–Trinajstić information content (AvgIpc) is 2.99. The van der Waals surface area contributed by atoms with E-state index < -0.39 is 0 Å². The molecule has 0 atom stereocenters. The van der Waals surface area contributed by atoms with Gasteiger partial charge in [0, 0.05) is 4.88 Å². The summed E-state index contributed by atoms with van der Waals surface area (Å²) in [6.07, 6.45) is 4.14. The molecule has 1 amide bonds. The van der Waals surface area contributed by atoms with Gasteiger partial charge in [-0.05, 0) is 50.7 Å². The molecule has 0 unspecified atom stereocenters. The quantitative estimate of drug-likeness (QED) is 0.636. The third-order valence-corrected chi connectivity index (χ3v) is 5.61. The van der Waals surface area contributed by atoms with Crippen LogP contribution in [-0.4, -0.2) is 18.2 Å². The molecule has 1 aliphatic carbocycles. The van der Waals surface area contributed by atoms with E-state index in [1.807, 2.05) is 38.1 Å². The molecular formula is C20H21N3O2S. The summed E-state index contributed by atoms with van der Waals surface area (Å²) in [6, 6.07) is 10.2. The van der Waals surface area contributed by atoms with Gasteiger partial charge in [0.15, 0.2) is 6.61 Å².